The molecule has 0 bridgehead atoms. The van der Waals surface area contributed by atoms with Crippen LogP contribution in [0, 0.1) is 0 Å². The lowest BCUT2D eigenvalue weighted by Crippen LogP contribution is -2.24. The third-order valence-corrected chi connectivity index (χ3v) is 4.73. The molecule has 1 heterocycles. The Morgan fingerprint density at radius 3 is 2.17 bits per heavy atom. The fraction of sp³-hybridized carbons (Fsp3) is 0.118. The first-order chi connectivity index (χ1) is 10.8. The molecule has 3 aromatic rings. The van der Waals surface area contributed by atoms with Crippen molar-refractivity contribution in [1.82, 2.24) is 4.98 Å². The van der Waals surface area contributed by atoms with Gasteiger partial charge in [-0.05, 0) is 35.9 Å². The minimum Gasteiger partial charge on any atom is -0.374 e. The molecule has 1 N–H and O–H groups in total. The smallest absolute Gasteiger partial charge is 0.374 e. The maximum atomic E-state index is 12.7. The van der Waals surface area contributed by atoms with Crippen LogP contribution >= 0.6 is 11.3 Å². The molecule has 0 aliphatic carbocycles. The van der Waals surface area contributed by atoms with Crippen molar-refractivity contribution in [2.45, 2.75) is 11.8 Å². The molecule has 0 spiro atoms. The third-order valence-electron chi connectivity index (χ3n) is 3.57. The Balaban J connectivity index is 2.08. The Labute approximate surface area is 134 Å². The Morgan fingerprint density at radius 2 is 1.61 bits per heavy atom. The van der Waals surface area contributed by atoms with Gasteiger partial charge >= 0.3 is 6.18 Å². The first kappa shape index (κ1) is 15.7. The van der Waals surface area contributed by atoms with Gasteiger partial charge < -0.3 is 5.11 Å². The van der Waals surface area contributed by atoms with Gasteiger partial charge in [0.2, 0.25) is 0 Å². The summed E-state index contributed by atoms with van der Waals surface area (Å²) in [5.41, 5.74) is -1.38. The topological polar surface area (TPSA) is 33.1 Å². The number of aliphatic hydroxyl groups is 1. The Kier molecular flexibility index (Phi) is 3.74. The van der Waals surface area contributed by atoms with Crippen LogP contribution in [0.2, 0.25) is 0 Å². The van der Waals surface area contributed by atoms with E-state index in [-0.39, 0.29) is 0 Å². The van der Waals surface area contributed by atoms with Gasteiger partial charge in [0.15, 0.2) is 5.60 Å². The van der Waals surface area contributed by atoms with Crippen LogP contribution in [-0.2, 0) is 11.8 Å². The van der Waals surface area contributed by atoms with E-state index in [2.05, 4.69) is 11.6 Å². The zero-order valence-corrected chi connectivity index (χ0v) is 12.7. The second kappa shape index (κ2) is 5.47. The third kappa shape index (κ3) is 2.75. The van der Waals surface area contributed by atoms with E-state index in [1.807, 2.05) is 24.3 Å². The van der Waals surface area contributed by atoms with Crippen molar-refractivity contribution in [3.8, 4) is 0 Å². The van der Waals surface area contributed by atoms with Gasteiger partial charge in [0.25, 0.3) is 0 Å². The highest BCUT2D eigenvalue weighted by molar-refractivity contribution is 7.18. The zero-order valence-electron chi connectivity index (χ0n) is 11.8. The van der Waals surface area contributed by atoms with Gasteiger partial charge in [0, 0.05) is 0 Å². The van der Waals surface area contributed by atoms with E-state index in [1.165, 1.54) is 29.5 Å². The number of hydrogen-bond donors (Lipinski definition) is 1. The second-order valence-electron chi connectivity index (χ2n) is 5.03. The largest absolute Gasteiger partial charge is 0.416 e. The number of rotatable bonds is 3. The predicted molar refractivity (Wildman–Crippen MR) is 84.3 cm³/mol. The summed E-state index contributed by atoms with van der Waals surface area (Å²) in [7, 11) is 0. The molecule has 1 unspecified atom stereocenters. The molecule has 0 saturated carbocycles. The van der Waals surface area contributed by atoms with Crippen molar-refractivity contribution in [3.63, 3.8) is 0 Å². The monoisotopic (exact) mass is 335 g/mol. The summed E-state index contributed by atoms with van der Waals surface area (Å²) in [6.07, 6.45) is -3.13. The SMILES string of the molecule is C=CC(O)(c1ccc(C(F)(F)F)cc1)c1nc2ccccc2s1. The molecular weight excluding hydrogens is 323 g/mol. The Morgan fingerprint density at radius 1 is 1.00 bits per heavy atom. The van der Waals surface area contributed by atoms with E-state index < -0.39 is 17.3 Å². The van der Waals surface area contributed by atoms with E-state index in [0.29, 0.717) is 10.6 Å². The molecule has 1 atom stereocenters. The molecule has 0 amide bonds. The van der Waals surface area contributed by atoms with E-state index in [0.717, 1.165) is 22.3 Å². The van der Waals surface area contributed by atoms with Crippen molar-refractivity contribution >= 4 is 21.6 Å². The minimum atomic E-state index is -4.42. The van der Waals surface area contributed by atoms with Gasteiger partial charge in [0.05, 0.1) is 15.8 Å². The van der Waals surface area contributed by atoms with Gasteiger partial charge in [-0.2, -0.15) is 13.2 Å². The fourth-order valence-electron chi connectivity index (χ4n) is 2.28. The summed E-state index contributed by atoms with van der Waals surface area (Å²) in [4.78, 5) is 4.38. The summed E-state index contributed by atoms with van der Waals surface area (Å²) < 4.78 is 38.9. The number of para-hydroxylation sites is 1. The van der Waals surface area contributed by atoms with E-state index >= 15 is 0 Å². The summed E-state index contributed by atoms with van der Waals surface area (Å²) >= 11 is 1.28. The Hall–Kier alpha value is -2.18. The zero-order chi connectivity index (χ0) is 16.7. The molecule has 23 heavy (non-hydrogen) atoms. The summed E-state index contributed by atoms with van der Waals surface area (Å²) in [6, 6.07) is 11.7. The molecular formula is C17H12F3NOS. The van der Waals surface area contributed by atoms with Gasteiger partial charge in [-0.15, -0.1) is 11.3 Å². The lowest BCUT2D eigenvalue weighted by Gasteiger charge is -2.22. The lowest BCUT2D eigenvalue weighted by atomic mass is 9.93. The lowest BCUT2D eigenvalue weighted by molar-refractivity contribution is -0.137. The molecule has 6 heteroatoms. The number of benzene rings is 2. The van der Waals surface area contributed by atoms with E-state index in [9.17, 15) is 18.3 Å². The number of aromatic nitrogens is 1. The van der Waals surface area contributed by atoms with Crippen LogP contribution in [0.1, 0.15) is 16.1 Å². The van der Waals surface area contributed by atoms with Crippen LogP contribution in [-0.4, -0.2) is 10.1 Å². The van der Waals surface area contributed by atoms with Crippen LogP contribution in [0.25, 0.3) is 10.2 Å². The van der Waals surface area contributed by atoms with Crippen LogP contribution in [0.4, 0.5) is 13.2 Å². The number of nitrogens with zero attached hydrogens (tertiary/aromatic N) is 1. The molecule has 0 aliphatic heterocycles. The molecule has 0 fully saturated rings. The van der Waals surface area contributed by atoms with Gasteiger partial charge in [-0.25, -0.2) is 4.98 Å². The van der Waals surface area contributed by atoms with E-state index in [4.69, 9.17) is 0 Å². The van der Waals surface area contributed by atoms with Crippen molar-refractivity contribution in [1.29, 1.82) is 0 Å². The van der Waals surface area contributed by atoms with Crippen molar-refractivity contribution in [2.24, 2.45) is 0 Å². The molecule has 2 aromatic carbocycles. The minimum absolute atomic E-state index is 0.291. The number of halogens is 3. The van der Waals surface area contributed by atoms with Crippen LogP contribution in [0.3, 0.4) is 0 Å². The standard InChI is InChI=1S/C17H12F3NOS/c1-2-16(22,11-7-9-12(10-8-11)17(18,19)20)15-21-13-5-3-4-6-14(13)23-15/h2-10,22H,1H2. The molecule has 0 radical (unpaired) electrons. The van der Waals surface area contributed by atoms with Crippen LogP contribution < -0.4 is 0 Å². The maximum absolute atomic E-state index is 12.7. The summed E-state index contributed by atoms with van der Waals surface area (Å²) in [5, 5.41) is 11.3. The molecule has 0 saturated heterocycles. The highest BCUT2D eigenvalue weighted by Crippen LogP contribution is 2.37. The van der Waals surface area contributed by atoms with Crippen molar-refractivity contribution in [3.05, 3.63) is 77.3 Å². The maximum Gasteiger partial charge on any atom is 0.416 e. The van der Waals surface area contributed by atoms with Crippen molar-refractivity contribution in [2.75, 3.05) is 0 Å². The molecule has 2 nitrogen and oxygen atoms in total. The molecule has 3 rings (SSSR count). The molecule has 118 valence electrons. The number of fused-ring (bicyclic) bond motifs is 1. The first-order valence-electron chi connectivity index (χ1n) is 6.74. The average molecular weight is 335 g/mol. The normalized spacial score (nSPS) is 14.6. The van der Waals surface area contributed by atoms with Crippen molar-refractivity contribution < 1.29 is 18.3 Å². The summed E-state index contributed by atoms with van der Waals surface area (Å²) in [6.45, 7) is 3.62. The van der Waals surface area contributed by atoms with Crippen LogP contribution in [0.5, 0.6) is 0 Å². The fourth-order valence-corrected chi connectivity index (χ4v) is 3.35. The predicted octanol–water partition coefficient (Wildman–Crippen LogP) is 4.74. The highest BCUT2D eigenvalue weighted by atomic mass is 32.1. The van der Waals surface area contributed by atoms with Gasteiger partial charge in [0.1, 0.15) is 5.01 Å². The molecule has 1 aromatic heterocycles. The quantitative estimate of drug-likeness (QED) is 0.702. The highest BCUT2D eigenvalue weighted by Gasteiger charge is 2.34. The number of alkyl halides is 3. The second-order valence-corrected chi connectivity index (χ2v) is 6.06. The summed E-state index contributed by atoms with van der Waals surface area (Å²) in [5.74, 6) is 0. The van der Waals surface area contributed by atoms with Gasteiger partial charge in [-0.1, -0.05) is 30.8 Å². The average Bonchev–Trinajstić information content (AvgIpc) is 2.98. The number of thiazole rings is 1. The van der Waals surface area contributed by atoms with Crippen LogP contribution in [0.15, 0.2) is 61.2 Å². The van der Waals surface area contributed by atoms with Gasteiger partial charge in [-0.3, -0.25) is 0 Å². The molecule has 0 aliphatic rings. The first-order valence-corrected chi connectivity index (χ1v) is 7.56. The number of hydrogen-bond acceptors (Lipinski definition) is 3. The Bertz CT molecular complexity index is 821. The van der Waals surface area contributed by atoms with E-state index in [1.54, 1.807) is 0 Å².